The van der Waals surface area contributed by atoms with Gasteiger partial charge in [-0.1, -0.05) is 37.4 Å². The van der Waals surface area contributed by atoms with E-state index in [2.05, 4.69) is 19.0 Å². The van der Waals surface area contributed by atoms with E-state index in [4.69, 9.17) is 15.7 Å². The average molecular weight is 310 g/mol. The first kappa shape index (κ1) is 17.7. The van der Waals surface area contributed by atoms with Crippen LogP contribution in [0.4, 0.5) is 0 Å². The van der Waals surface area contributed by atoms with E-state index >= 15 is 0 Å². The van der Waals surface area contributed by atoms with E-state index in [1.807, 2.05) is 24.5 Å². The van der Waals surface area contributed by atoms with Gasteiger partial charge in [-0.25, -0.2) is 0 Å². The first-order chi connectivity index (χ1) is 10.1. The molecule has 1 rings (SSSR count). The van der Waals surface area contributed by atoms with Crippen molar-refractivity contribution in [3.8, 4) is 5.75 Å². The summed E-state index contributed by atoms with van der Waals surface area (Å²) in [5, 5.41) is 12.1. The smallest absolute Gasteiger partial charge is 0.174 e. The van der Waals surface area contributed by atoms with Crippen LogP contribution in [0.3, 0.4) is 0 Å². The average Bonchev–Trinajstić information content (AvgIpc) is 2.50. The van der Waals surface area contributed by atoms with Crippen LogP contribution in [0.15, 0.2) is 28.3 Å². The molecule has 0 aliphatic carbocycles. The van der Waals surface area contributed by atoms with Gasteiger partial charge in [-0.05, 0) is 38.2 Å². The number of hydrogen-bond acceptors (Lipinski definition) is 4. The van der Waals surface area contributed by atoms with Gasteiger partial charge in [0.15, 0.2) is 5.84 Å². The second kappa shape index (κ2) is 9.55. The van der Waals surface area contributed by atoms with Crippen molar-refractivity contribution in [2.24, 2.45) is 10.9 Å². The van der Waals surface area contributed by atoms with Gasteiger partial charge in [0, 0.05) is 4.90 Å². The minimum Gasteiger partial charge on any atom is -0.490 e. The molecule has 3 N–H and O–H groups in total. The second-order valence-electron chi connectivity index (χ2n) is 5.10. The fourth-order valence-corrected chi connectivity index (χ4v) is 2.84. The Morgan fingerprint density at radius 3 is 2.76 bits per heavy atom. The molecule has 0 heterocycles. The van der Waals surface area contributed by atoms with Crippen molar-refractivity contribution < 1.29 is 9.94 Å². The topological polar surface area (TPSA) is 67.8 Å². The van der Waals surface area contributed by atoms with Crippen molar-refractivity contribution in [1.82, 2.24) is 0 Å². The summed E-state index contributed by atoms with van der Waals surface area (Å²) in [7, 11) is 0. The summed E-state index contributed by atoms with van der Waals surface area (Å²) in [5.74, 6) is 0.772. The van der Waals surface area contributed by atoms with Crippen LogP contribution in [0.25, 0.3) is 0 Å². The number of unbranched alkanes of at least 4 members (excludes halogenated alkanes) is 3. The second-order valence-corrected chi connectivity index (χ2v) is 5.94. The largest absolute Gasteiger partial charge is 0.490 e. The van der Waals surface area contributed by atoms with Crippen molar-refractivity contribution in [3.63, 3.8) is 0 Å². The van der Waals surface area contributed by atoms with Gasteiger partial charge < -0.3 is 15.7 Å². The van der Waals surface area contributed by atoms with Crippen LogP contribution in [0.5, 0.6) is 5.75 Å². The molecule has 1 aromatic rings. The quantitative estimate of drug-likeness (QED) is 0.179. The molecule has 5 heteroatoms. The number of thioether (sulfide) groups is 1. The lowest BCUT2D eigenvalue weighted by molar-refractivity contribution is 0.205. The van der Waals surface area contributed by atoms with Crippen molar-refractivity contribution in [3.05, 3.63) is 23.8 Å². The highest BCUT2D eigenvalue weighted by molar-refractivity contribution is 7.98. The lowest BCUT2D eigenvalue weighted by Gasteiger charge is -2.18. The maximum atomic E-state index is 8.97. The first-order valence-corrected chi connectivity index (χ1v) is 8.68. The van der Waals surface area contributed by atoms with Gasteiger partial charge in [0.2, 0.25) is 0 Å². The predicted molar refractivity (Wildman–Crippen MR) is 89.6 cm³/mol. The number of nitrogens with zero attached hydrogens (tertiary/aromatic N) is 1. The van der Waals surface area contributed by atoms with Crippen LogP contribution >= 0.6 is 11.8 Å². The number of ether oxygens (including phenoxy) is 1. The molecular weight excluding hydrogens is 284 g/mol. The maximum Gasteiger partial charge on any atom is 0.174 e. The Morgan fingerprint density at radius 2 is 2.14 bits per heavy atom. The van der Waals surface area contributed by atoms with E-state index in [0.29, 0.717) is 11.3 Å². The third kappa shape index (κ3) is 5.50. The van der Waals surface area contributed by atoms with E-state index in [1.54, 1.807) is 11.8 Å². The summed E-state index contributed by atoms with van der Waals surface area (Å²) in [5.41, 5.74) is 6.47. The molecule has 0 saturated heterocycles. The normalized spacial score (nSPS) is 13.2. The van der Waals surface area contributed by atoms with Gasteiger partial charge in [-0.3, -0.25) is 0 Å². The molecule has 1 aromatic carbocycles. The maximum absolute atomic E-state index is 8.97. The summed E-state index contributed by atoms with van der Waals surface area (Å²) in [6, 6.07) is 5.74. The van der Waals surface area contributed by atoms with Gasteiger partial charge >= 0.3 is 0 Å². The Hall–Kier alpha value is -1.36. The molecule has 118 valence electrons. The Bertz CT molecular complexity index is 464. The highest BCUT2D eigenvalue weighted by Crippen LogP contribution is 2.29. The lowest BCUT2D eigenvalue weighted by Crippen LogP contribution is -2.19. The lowest BCUT2D eigenvalue weighted by atomic mass is 10.1. The third-order valence-electron chi connectivity index (χ3n) is 3.36. The zero-order chi connectivity index (χ0) is 15.7. The zero-order valence-electron chi connectivity index (χ0n) is 13.1. The van der Waals surface area contributed by atoms with E-state index in [-0.39, 0.29) is 11.9 Å². The molecule has 0 spiro atoms. The Kier molecular flexibility index (Phi) is 8.05. The van der Waals surface area contributed by atoms with Crippen LogP contribution in [0.1, 0.15) is 51.5 Å². The van der Waals surface area contributed by atoms with Gasteiger partial charge in [0.25, 0.3) is 0 Å². The van der Waals surface area contributed by atoms with Crippen molar-refractivity contribution >= 4 is 17.6 Å². The number of amidine groups is 1. The molecular formula is C16H26N2O2S. The molecule has 0 fully saturated rings. The molecule has 4 nitrogen and oxygen atoms in total. The molecule has 0 aromatic heterocycles. The van der Waals surface area contributed by atoms with E-state index < -0.39 is 0 Å². The highest BCUT2D eigenvalue weighted by atomic mass is 32.2. The van der Waals surface area contributed by atoms with E-state index in [0.717, 1.165) is 17.7 Å². The van der Waals surface area contributed by atoms with Crippen molar-refractivity contribution in [2.75, 3.05) is 6.26 Å². The van der Waals surface area contributed by atoms with Crippen LogP contribution < -0.4 is 10.5 Å². The number of hydrogen-bond donors (Lipinski definition) is 2. The molecule has 1 atom stereocenters. The SMILES string of the molecule is CCCCCCC(C)Oc1cccc(SC)c1/C(N)=N/O. The minimum absolute atomic E-state index is 0.0909. The molecule has 0 bridgehead atoms. The molecule has 0 radical (unpaired) electrons. The van der Waals surface area contributed by atoms with Crippen LogP contribution in [-0.2, 0) is 0 Å². The summed E-state index contributed by atoms with van der Waals surface area (Å²) in [6.45, 7) is 4.27. The Morgan fingerprint density at radius 1 is 1.38 bits per heavy atom. The van der Waals surface area contributed by atoms with Gasteiger partial charge in [-0.15, -0.1) is 11.8 Å². The number of oxime groups is 1. The standard InChI is InChI=1S/C16H26N2O2S/c1-4-5-6-7-9-12(2)20-13-10-8-11-14(21-3)15(13)16(17)18-19/h8,10-12,19H,4-7,9H2,1-3H3,(H2,17,18). The number of rotatable bonds is 9. The van der Waals surface area contributed by atoms with Crippen LogP contribution in [-0.4, -0.2) is 23.4 Å². The van der Waals surface area contributed by atoms with Gasteiger partial charge in [0.05, 0.1) is 11.7 Å². The van der Waals surface area contributed by atoms with Crippen molar-refractivity contribution in [1.29, 1.82) is 0 Å². The summed E-state index contributed by atoms with van der Waals surface area (Å²) in [4.78, 5) is 0.945. The molecule has 0 saturated carbocycles. The molecule has 1 unspecified atom stereocenters. The van der Waals surface area contributed by atoms with Gasteiger partial charge in [-0.2, -0.15) is 0 Å². The molecule has 21 heavy (non-hydrogen) atoms. The summed E-state index contributed by atoms with van der Waals surface area (Å²) in [6.07, 6.45) is 7.99. The zero-order valence-corrected chi connectivity index (χ0v) is 13.9. The van der Waals surface area contributed by atoms with Crippen molar-refractivity contribution in [2.45, 2.75) is 57.0 Å². The van der Waals surface area contributed by atoms with Crippen LogP contribution in [0.2, 0.25) is 0 Å². The Labute approximate surface area is 131 Å². The Balaban J connectivity index is 2.78. The van der Waals surface area contributed by atoms with Gasteiger partial charge in [0.1, 0.15) is 5.75 Å². The molecule has 0 aliphatic heterocycles. The highest BCUT2D eigenvalue weighted by Gasteiger charge is 2.15. The number of benzene rings is 1. The third-order valence-corrected chi connectivity index (χ3v) is 4.14. The fraction of sp³-hybridized carbons (Fsp3) is 0.562. The fourth-order valence-electron chi connectivity index (χ4n) is 2.22. The monoisotopic (exact) mass is 310 g/mol. The molecule has 0 amide bonds. The predicted octanol–water partition coefficient (Wildman–Crippen LogP) is 4.24. The van der Waals surface area contributed by atoms with Crippen LogP contribution in [0, 0.1) is 0 Å². The summed E-state index contributed by atoms with van der Waals surface area (Å²) >= 11 is 1.55. The molecule has 0 aliphatic rings. The van der Waals surface area contributed by atoms with E-state index in [1.165, 1.54) is 19.3 Å². The number of nitrogens with two attached hydrogens (primary N) is 1. The van der Waals surface area contributed by atoms with E-state index in [9.17, 15) is 0 Å². The minimum atomic E-state index is 0.0909. The first-order valence-electron chi connectivity index (χ1n) is 7.45. The summed E-state index contributed by atoms with van der Waals surface area (Å²) < 4.78 is 6.01.